The van der Waals surface area contributed by atoms with Crippen LogP contribution in [0.15, 0.2) is 85.1 Å². The van der Waals surface area contributed by atoms with E-state index in [9.17, 15) is 14.4 Å². The Labute approximate surface area is 344 Å². The molecule has 0 aromatic heterocycles. The highest BCUT2D eigenvalue weighted by Crippen LogP contribution is 2.12. The van der Waals surface area contributed by atoms with Crippen molar-refractivity contribution in [2.75, 3.05) is 13.2 Å². The summed E-state index contributed by atoms with van der Waals surface area (Å²) in [5.74, 6) is -1.06. The molecular weight excluding hydrogens is 697 g/mol. The predicted molar refractivity (Wildman–Crippen MR) is 237 cm³/mol. The van der Waals surface area contributed by atoms with Gasteiger partial charge in [-0.05, 0) is 89.9 Å². The summed E-state index contributed by atoms with van der Waals surface area (Å²) in [7, 11) is 0. The molecule has 0 spiro atoms. The van der Waals surface area contributed by atoms with Crippen LogP contribution in [0.4, 0.5) is 0 Å². The molecule has 0 aliphatic carbocycles. The van der Waals surface area contributed by atoms with Crippen molar-refractivity contribution in [3.05, 3.63) is 85.1 Å². The van der Waals surface area contributed by atoms with Gasteiger partial charge < -0.3 is 14.2 Å². The third-order valence-corrected chi connectivity index (χ3v) is 9.13. The first kappa shape index (κ1) is 52.6. The summed E-state index contributed by atoms with van der Waals surface area (Å²) in [6.45, 7) is 6.27. The van der Waals surface area contributed by atoms with E-state index >= 15 is 0 Å². The van der Waals surface area contributed by atoms with Gasteiger partial charge in [0, 0.05) is 19.3 Å². The molecule has 0 aromatic carbocycles. The van der Waals surface area contributed by atoms with Crippen LogP contribution in [0, 0.1) is 0 Å². The zero-order valence-electron chi connectivity index (χ0n) is 36.1. The van der Waals surface area contributed by atoms with E-state index in [2.05, 4.69) is 99.8 Å². The molecule has 0 aliphatic rings. The van der Waals surface area contributed by atoms with Crippen LogP contribution in [-0.2, 0) is 28.6 Å². The minimum Gasteiger partial charge on any atom is -0.462 e. The molecule has 1 unspecified atom stereocenters. The molecule has 0 aliphatic heterocycles. The van der Waals surface area contributed by atoms with Crippen molar-refractivity contribution in [1.29, 1.82) is 0 Å². The molecule has 0 radical (unpaired) electrons. The largest absolute Gasteiger partial charge is 0.462 e. The van der Waals surface area contributed by atoms with E-state index in [1.165, 1.54) is 64.2 Å². The molecule has 0 aromatic rings. The first-order valence-corrected chi connectivity index (χ1v) is 22.6. The fourth-order valence-corrected chi connectivity index (χ4v) is 5.79. The molecular formula is C50H82O6. The summed E-state index contributed by atoms with van der Waals surface area (Å²) in [4.78, 5) is 37.7. The lowest BCUT2D eigenvalue weighted by Gasteiger charge is -2.18. The fourth-order valence-electron chi connectivity index (χ4n) is 5.79. The van der Waals surface area contributed by atoms with Crippen LogP contribution in [0.3, 0.4) is 0 Å². The standard InChI is InChI=1S/C50H82O6/c1-4-7-10-13-16-19-22-24-26-28-31-34-37-40-43-49(52)55-46-47(45-54-48(51)42-39-36-33-30-27-21-18-15-12-9-6-3)56-50(53)44-41-38-35-32-29-25-23-20-17-14-11-8-5-2/h7,9-10,12,16,18-19,21,25,29-30,33,35,38,47H,4-6,8,11,13-15,17,20,22-24,26-28,31-32,34,36-37,39-46H2,1-3H3/b10-7-,12-9-,19-16-,21-18-,29-25-,33-30-,38-35-. The highest BCUT2D eigenvalue weighted by atomic mass is 16.6. The Hall–Kier alpha value is -3.41. The van der Waals surface area contributed by atoms with E-state index in [0.29, 0.717) is 19.3 Å². The number of hydrogen-bond acceptors (Lipinski definition) is 6. The Bertz CT molecular complexity index is 1120. The average Bonchev–Trinajstić information content (AvgIpc) is 3.19. The van der Waals surface area contributed by atoms with Crippen LogP contribution in [0.5, 0.6) is 0 Å². The van der Waals surface area contributed by atoms with Crippen LogP contribution < -0.4 is 0 Å². The van der Waals surface area contributed by atoms with Crippen LogP contribution in [0.1, 0.15) is 194 Å². The van der Waals surface area contributed by atoms with Gasteiger partial charge in [0.15, 0.2) is 6.10 Å². The van der Waals surface area contributed by atoms with E-state index in [1.807, 2.05) is 6.08 Å². The van der Waals surface area contributed by atoms with Crippen LogP contribution in [0.25, 0.3) is 0 Å². The van der Waals surface area contributed by atoms with Gasteiger partial charge in [-0.2, -0.15) is 0 Å². The first-order valence-electron chi connectivity index (χ1n) is 22.6. The van der Waals surface area contributed by atoms with Gasteiger partial charge in [-0.25, -0.2) is 0 Å². The first-order chi connectivity index (χ1) is 27.5. The molecule has 0 saturated heterocycles. The Balaban J connectivity index is 4.53. The van der Waals surface area contributed by atoms with Gasteiger partial charge in [0.2, 0.25) is 0 Å². The molecule has 0 amide bonds. The number of allylic oxidation sites excluding steroid dienone is 14. The molecule has 56 heavy (non-hydrogen) atoms. The smallest absolute Gasteiger partial charge is 0.306 e. The molecule has 0 heterocycles. The number of carbonyl (C=O) groups excluding carboxylic acids is 3. The van der Waals surface area contributed by atoms with Crippen LogP contribution >= 0.6 is 0 Å². The van der Waals surface area contributed by atoms with Gasteiger partial charge in [-0.15, -0.1) is 0 Å². The lowest BCUT2D eigenvalue weighted by Crippen LogP contribution is -2.30. The maximum absolute atomic E-state index is 12.7. The third kappa shape index (κ3) is 41.7. The van der Waals surface area contributed by atoms with E-state index in [0.717, 1.165) is 77.0 Å². The zero-order chi connectivity index (χ0) is 40.8. The average molecular weight is 779 g/mol. The summed E-state index contributed by atoms with van der Waals surface area (Å²) < 4.78 is 16.6. The Morgan fingerprint density at radius 1 is 0.375 bits per heavy atom. The number of rotatable bonds is 39. The van der Waals surface area contributed by atoms with Gasteiger partial charge in [-0.3, -0.25) is 14.4 Å². The number of ether oxygens (including phenoxy) is 3. The maximum Gasteiger partial charge on any atom is 0.306 e. The minimum atomic E-state index is -0.828. The zero-order valence-corrected chi connectivity index (χ0v) is 36.1. The predicted octanol–water partition coefficient (Wildman–Crippen LogP) is 14.5. The monoisotopic (exact) mass is 779 g/mol. The summed E-state index contributed by atoms with van der Waals surface area (Å²) >= 11 is 0. The highest BCUT2D eigenvalue weighted by Gasteiger charge is 2.19. The molecule has 0 rings (SSSR count). The molecule has 1 atom stereocenters. The Morgan fingerprint density at radius 2 is 0.750 bits per heavy atom. The normalized spacial score (nSPS) is 12.8. The summed E-state index contributed by atoms with van der Waals surface area (Å²) in [6.07, 6.45) is 55.9. The number of hydrogen-bond donors (Lipinski definition) is 0. The van der Waals surface area contributed by atoms with Crippen LogP contribution in [-0.4, -0.2) is 37.2 Å². The van der Waals surface area contributed by atoms with E-state index in [-0.39, 0.29) is 38.0 Å². The fraction of sp³-hybridized carbons (Fsp3) is 0.660. The number of unbranched alkanes of at least 4 members (excludes halogenated alkanes) is 14. The molecule has 6 heteroatoms. The second-order valence-electron chi connectivity index (χ2n) is 14.5. The van der Waals surface area contributed by atoms with Gasteiger partial charge in [-0.1, -0.05) is 170 Å². The SMILES string of the molecule is CC/C=C\C/C=C\C/C=C\CCCC(=O)OCC(COC(=O)CCCCCCCCC/C=C\C/C=C\CC)OC(=O)CC/C=C\C/C=C\CCCCCCCC. The number of esters is 3. The van der Waals surface area contributed by atoms with Crippen LogP contribution in [0.2, 0.25) is 0 Å². The summed E-state index contributed by atoms with van der Waals surface area (Å²) in [6, 6.07) is 0. The van der Waals surface area contributed by atoms with Gasteiger partial charge in [0.05, 0.1) is 0 Å². The minimum absolute atomic E-state index is 0.120. The molecule has 0 fully saturated rings. The lowest BCUT2D eigenvalue weighted by atomic mass is 10.1. The summed E-state index contributed by atoms with van der Waals surface area (Å²) in [5.41, 5.74) is 0. The molecule has 0 bridgehead atoms. The quantitative estimate of drug-likeness (QED) is 0.0268. The Morgan fingerprint density at radius 3 is 1.23 bits per heavy atom. The van der Waals surface area contributed by atoms with Gasteiger partial charge in [0.1, 0.15) is 13.2 Å². The van der Waals surface area contributed by atoms with Crippen molar-refractivity contribution in [2.24, 2.45) is 0 Å². The van der Waals surface area contributed by atoms with Gasteiger partial charge >= 0.3 is 17.9 Å². The Kier molecular flexibility index (Phi) is 41.6. The van der Waals surface area contributed by atoms with Crippen molar-refractivity contribution in [2.45, 2.75) is 200 Å². The molecule has 0 saturated carbocycles. The summed E-state index contributed by atoms with van der Waals surface area (Å²) in [5, 5.41) is 0. The molecule has 318 valence electrons. The number of carbonyl (C=O) groups is 3. The van der Waals surface area contributed by atoms with Crippen molar-refractivity contribution < 1.29 is 28.6 Å². The lowest BCUT2D eigenvalue weighted by molar-refractivity contribution is -0.166. The topological polar surface area (TPSA) is 78.9 Å². The second-order valence-corrected chi connectivity index (χ2v) is 14.5. The van der Waals surface area contributed by atoms with E-state index in [1.54, 1.807) is 0 Å². The third-order valence-electron chi connectivity index (χ3n) is 9.13. The maximum atomic E-state index is 12.7. The molecule has 6 nitrogen and oxygen atoms in total. The van der Waals surface area contributed by atoms with Crippen molar-refractivity contribution in [3.63, 3.8) is 0 Å². The van der Waals surface area contributed by atoms with E-state index < -0.39 is 12.1 Å². The van der Waals surface area contributed by atoms with Gasteiger partial charge in [0.25, 0.3) is 0 Å². The second kappa shape index (κ2) is 44.3. The van der Waals surface area contributed by atoms with Crippen molar-refractivity contribution >= 4 is 17.9 Å². The van der Waals surface area contributed by atoms with E-state index in [4.69, 9.17) is 14.2 Å². The highest BCUT2D eigenvalue weighted by molar-refractivity contribution is 5.71. The van der Waals surface area contributed by atoms with Crippen molar-refractivity contribution in [3.8, 4) is 0 Å². The molecule has 0 N–H and O–H groups in total. The van der Waals surface area contributed by atoms with Crippen molar-refractivity contribution in [1.82, 2.24) is 0 Å².